The van der Waals surface area contributed by atoms with Crippen LogP contribution < -0.4 is 0 Å². The third kappa shape index (κ3) is 1.46. The van der Waals surface area contributed by atoms with Crippen molar-refractivity contribution in [3.8, 4) is 0 Å². The maximum Gasteiger partial charge on any atom is 0.369 e. The SMILES string of the molecule is CC1=CC([N+](=O)[O-])C(=[N+]=[N-])C=C1. The van der Waals surface area contributed by atoms with Crippen molar-refractivity contribution in [2.75, 3.05) is 0 Å². The molecule has 0 saturated carbocycles. The molecule has 0 aromatic carbocycles. The summed E-state index contributed by atoms with van der Waals surface area (Å²) in [6, 6.07) is -1.01. The zero-order chi connectivity index (χ0) is 9.14. The molecule has 0 aromatic heterocycles. The highest BCUT2D eigenvalue weighted by molar-refractivity contribution is 5.96. The van der Waals surface area contributed by atoms with E-state index in [4.69, 9.17) is 5.53 Å². The average Bonchev–Trinajstić information content (AvgIpc) is 2.04. The monoisotopic (exact) mass is 165 g/mol. The Morgan fingerprint density at radius 2 is 2.33 bits per heavy atom. The first kappa shape index (κ1) is 8.36. The number of allylic oxidation sites excluding steroid dienone is 2. The summed E-state index contributed by atoms with van der Waals surface area (Å²) < 4.78 is 0. The van der Waals surface area contributed by atoms with E-state index in [0.29, 0.717) is 0 Å². The van der Waals surface area contributed by atoms with Crippen molar-refractivity contribution in [2.24, 2.45) is 0 Å². The first-order valence-corrected chi connectivity index (χ1v) is 3.37. The van der Waals surface area contributed by atoms with Crippen molar-refractivity contribution in [3.05, 3.63) is 39.4 Å². The van der Waals surface area contributed by atoms with Crippen molar-refractivity contribution in [2.45, 2.75) is 13.0 Å². The first-order chi connectivity index (χ1) is 5.65. The quantitative estimate of drug-likeness (QED) is 0.249. The summed E-state index contributed by atoms with van der Waals surface area (Å²) >= 11 is 0. The topological polar surface area (TPSA) is 79.5 Å². The number of rotatable bonds is 1. The molecule has 1 rings (SSSR count). The van der Waals surface area contributed by atoms with Gasteiger partial charge in [0.25, 0.3) is 0 Å². The standard InChI is InChI=1S/C7H7N3O2/c1-5-2-3-6(9-8)7(4-5)10(11)12/h2-4,7H,1H3. The summed E-state index contributed by atoms with van der Waals surface area (Å²) in [6.07, 6.45) is 4.53. The number of hydrogen-bond donors (Lipinski definition) is 0. The minimum absolute atomic E-state index is 0.0607. The third-order valence-electron chi connectivity index (χ3n) is 1.58. The fraction of sp³-hybridized carbons (Fsp3) is 0.286. The second-order valence-corrected chi connectivity index (χ2v) is 2.50. The molecule has 0 aromatic rings. The highest BCUT2D eigenvalue weighted by Crippen LogP contribution is 2.08. The zero-order valence-corrected chi connectivity index (χ0v) is 6.47. The van der Waals surface area contributed by atoms with Gasteiger partial charge in [0.1, 0.15) is 0 Å². The van der Waals surface area contributed by atoms with Gasteiger partial charge in [-0.3, -0.25) is 10.1 Å². The second kappa shape index (κ2) is 3.11. The van der Waals surface area contributed by atoms with Crippen LogP contribution in [0.25, 0.3) is 5.53 Å². The molecule has 0 aliphatic heterocycles. The summed E-state index contributed by atoms with van der Waals surface area (Å²) in [5, 5.41) is 10.4. The highest BCUT2D eigenvalue weighted by atomic mass is 16.6. The van der Waals surface area contributed by atoms with Gasteiger partial charge in [-0.25, -0.2) is 0 Å². The van der Waals surface area contributed by atoms with Gasteiger partial charge in [-0.1, -0.05) is 6.08 Å². The van der Waals surface area contributed by atoms with E-state index >= 15 is 0 Å². The smallest absolute Gasteiger partial charge is 0.361 e. The lowest BCUT2D eigenvalue weighted by Gasteiger charge is -2.02. The molecule has 0 radical (unpaired) electrons. The van der Waals surface area contributed by atoms with Crippen LogP contribution in [0.15, 0.2) is 23.8 Å². The van der Waals surface area contributed by atoms with Gasteiger partial charge in [0.05, 0.1) is 0 Å². The van der Waals surface area contributed by atoms with E-state index in [-0.39, 0.29) is 5.71 Å². The van der Waals surface area contributed by atoms with Gasteiger partial charge in [-0.2, -0.15) is 4.79 Å². The molecule has 1 aliphatic carbocycles. The lowest BCUT2D eigenvalue weighted by molar-refractivity contribution is -0.493. The Bertz CT molecular complexity index is 324. The Kier molecular flexibility index (Phi) is 2.16. The van der Waals surface area contributed by atoms with Gasteiger partial charge in [-0.05, 0) is 12.5 Å². The zero-order valence-electron chi connectivity index (χ0n) is 6.47. The molecular formula is C7H7N3O2. The molecule has 5 nitrogen and oxygen atoms in total. The number of hydrogen-bond acceptors (Lipinski definition) is 2. The van der Waals surface area contributed by atoms with Gasteiger partial charge in [0, 0.05) is 17.1 Å². The average molecular weight is 165 g/mol. The van der Waals surface area contributed by atoms with Crippen LogP contribution in [0.1, 0.15) is 6.92 Å². The van der Waals surface area contributed by atoms with Crippen LogP contribution >= 0.6 is 0 Å². The molecule has 1 aliphatic rings. The maximum absolute atomic E-state index is 10.4. The fourth-order valence-electron chi connectivity index (χ4n) is 0.967. The van der Waals surface area contributed by atoms with Crippen LogP contribution in [0.5, 0.6) is 0 Å². The number of nitrogens with zero attached hydrogens (tertiary/aromatic N) is 3. The Morgan fingerprint density at radius 1 is 1.67 bits per heavy atom. The largest absolute Gasteiger partial charge is 0.369 e. The molecule has 12 heavy (non-hydrogen) atoms. The molecule has 1 unspecified atom stereocenters. The summed E-state index contributed by atoms with van der Waals surface area (Å²) in [5.41, 5.74) is 9.26. The minimum Gasteiger partial charge on any atom is -0.361 e. The molecule has 0 N–H and O–H groups in total. The van der Waals surface area contributed by atoms with E-state index in [9.17, 15) is 10.1 Å². The molecule has 0 amide bonds. The van der Waals surface area contributed by atoms with Crippen molar-refractivity contribution in [1.29, 1.82) is 0 Å². The molecule has 1 atom stereocenters. The molecular weight excluding hydrogens is 158 g/mol. The van der Waals surface area contributed by atoms with Gasteiger partial charge in [-0.15, -0.1) is 0 Å². The summed E-state index contributed by atoms with van der Waals surface area (Å²) in [6.45, 7) is 1.75. The van der Waals surface area contributed by atoms with E-state index < -0.39 is 11.0 Å². The van der Waals surface area contributed by atoms with Crippen LogP contribution in [-0.4, -0.2) is 21.5 Å². The van der Waals surface area contributed by atoms with E-state index in [0.717, 1.165) is 5.57 Å². The summed E-state index contributed by atoms with van der Waals surface area (Å²) in [5.74, 6) is 0. The lowest BCUT2D eigenvalue weighted by Crippen LogP contribution is -2.28. The Morgan fingerprint density at radius 3 is 2.83 bits per heavy atom. The van der Waals surface area contributed by atoms with Crippen molar-refractivity contribution in [3.63, 3.8) is 0 Å². The van der Waals surface area contributed by atoms with Crippen LogP contribution in [-0.2, 0) is 0 Å². The minimum atomic E-state index is -1.01. The molecule has 0 bridgehead atoms. The van der Waals surface area contributed by atoms with Crippen LogP contribution in [0.2, 0.25) is 0 Å². The van der Waals surface area contributed by atoms with Gasteiger partial charge >= 0.3 is 11.8 Å². The Hall–Kier alpha value is -1.74. The van der Waals surface area contributed by atoms with Crippen LogP contribution in [0.3, 0.4) is 0 Å². The maximum atomic E-state index is 10.4. The molecule has 5 heteroatoms. The first-order valence-electron chi connectivity index (χ1n) is 3.37. The molecule has 62 valence electrons. The highest BCUT2D eigenvalue weighted by Gasteiger charge is 2.31. The Balaban J connectivity index is 3.06. The van der Waals surface area contributed by atoms with E-state index in [1.807, 2.05) is 0 Å². The predicted molar refractivity (Wildman–Crippen MR) is 42.3 cm³/mol. The second-order valence-electron chi connectivity index (χ2n) is 2.50. The molecule has 0 fully saturated rings. The summed E-state index contributed by atoms with van der Waals surface area (Å²) in [7, 11) is 0. The Labute approximate surface area is 68.8 Å². The third-order valence-corrected chi connectivity index (χ3v) is 1.58. The van der Waals surface area contributed by atoms with Crippen molar-refractivity contribution in [1.82, 2.24) is 0 Å². The van der Waals surface area contributed by atoms with Gasteiger partial charge < -0.3 is 5.53 Å². The molecule has 0 heterocycles. The van der Waals surface area contributed by atoms with Crippen molar-refractivity contribution < 1.29 is 9.71 Å². The summed E-state index contributed by atoms with van der Waals surface area (Å²) in [4.78, 5) is 12.7. The van der Waals surface area contributed by atoms with Gasteiger partial charge in [0.2, 0.25) is 0 Å². The number of nitro groups is 1. The van der Waals surface area contributed by atoms with Crippen LogP contribution in [0.4, 0.5) is 0 Å². The van der Waals surface area contributed by atoms with E-state index in [2.05, 4.69) is 4.79 Å². The van der Waals surface area contributed by atoms with Crippen molar-refractivity contribution >= 4 is 5.71 Å². The lowest BCUT2D eigenvalue weighted by atomic mass is 10.0. The van der Waals surface area contributed by atoms with E-state index in [1.165, 1.54) is 12.2 Å². The van der Waals surface area contributed by atoms with Gasteiger partial charge in [0.15, 0.2) is 0 Å². The van der Waals surface area contributed by atoms with E-state index in [1.54, 1.807) is 13.0 Å². The normalized spacial score (nSPS) is 21.6. The molecule has 0 saturated heterocycles. The molecule has 0 spiro atoms. The fourth-order valence-corrected chi connectivity index (χ4v) is 0.967. The predicted octanol–water partition coefficient (Wildman–Crippen LogP) is 0.819. The van der Waals surface area contributed by atoms with Crippen LogP contribution in [0, 0.1) is 10.1 Å².